The van der Waals surface area contributed by atoms with Crippen molar-refractivity contribution >= 4 is 15.9 Å². The number of amides is 1. The van der Waals surface area contributed by atoms with Gasteiger partial charge in [0.05, 0.1) is 36.8 Å². The number of alkyl halides is 3. The number of carbonyl (C=O) groups excluding carboxylic acids is 1. The Bertz CT molecular complexity index is 1540. The number of furan rings is 1. The normalized spacial score (nSPS) is 15.7. The van der Waals surface area contributed by atoms with Gasteiger partial charge in [-0.1, -0.05) is 12.1 Å². The Morgan fingerprint density at radius 3 is 2.47 bits per heavy atom. The molecule has 0 bridgehead atoms. The van der Waals surface area contributed by atoms with Crippen LogP contribution in [0.25, 0.3) is 0 Å². The van der Waals surface area contributed by atoms with Crippen molar-refractivity contribution in [1.29, 1.82) is 0 Å². The first-order chi connectivity index (χ1) is 20.5. The minimum absolute atomic E-state index is 0.0437. The molecule has 1 saturated heterocycles. The third-order valence-electron chi connectivity index (χ3n) is 7.19. The lowest BCUT2D eigenvalue weighted by Crippen LogP contribution is -2.47. The Morgan fingerprint density at radius 1 is 0.977 bits per heavy atom. The topological polar surface area (TPSA) is 102 Å². The van der Waals surface area contributed by atoms with E-state index in [4.69, 9.17) is 18.6 Å². The molecule has 2 aromatic carbocycles. The zero-order valence-electron chi connectivity index (χ0n) is 23.5. The SMILES string of the molecule is Cc1ccc(CN(Cc2ccc3c(c2)OCO3)C(=O)CN(CCN2CCOCC2)S(=O)(=O)c2cccc(C(F)(F)F)c2)o1. The average molecular weight is 624 g/mol. The summed E-state index contributed by atoms with van der Waals surface area (Å²) in [6.07, 6.45) is -4.73. The molecule has 0 radical (unpaired) electrons. The molecule has 10 nitrogen and oxygen atoms in total. The van der Waals surface area contributed by atoms with Crippen LogP contribution in [0.5, 0.6) is 11.5 Å². The quantitative estimate of drug-likeness (QED) is 0.317. The number of aryl methyl sites for hydroxylation is 1. The smallest absolute Gasteiger partial charge is 0.416 e. The zero-order chi connectivity index (χ0) is 30.6. The second-order valence-corrected chi connectivity index (χ2v) is 12.2. The summed E-state index contributed by atoms with van der Waals surface area (Å²) in [5.74, 6) is 1.68. The second kappa shape index (κ2) is 13.0. The van der Waals surface area contributed by atoms with Gasteiger partial charge in [-0.05, 0) is 55.0 Å². The van der Waals surface area contributed by atoms with Crippen molar-refractivity contribution in [3.63, 3.8) is 0 Å². The van der Waals surface area contributed by atoms with Gasteiger partial charge in [0, 0.05) is 32.7 Å². The summed E-state index contributed by atoms with van der Waals surface area (Å²) in [4.78, 5) is 16.8. The highest BCUT2D eigenvalue weighted by Gasteiger charge is 2.34. The Kier molecular flexibility index (Phi) is 9.30. The maximum absolute atomic E-state index is 13.9. The minimum Gasteiger partial charge on any atom is -0.464 e. The van der Waals surface area contributed by atoms with Gasteiger partial charge < -0.3 is 23.5 Å². The molecule has 0 unspecified atom stereocenters. The first-order valence-corrected chi connectivity index (χ1v) is 15.1. The van der Waals surface area contributed by atoms with Gasteiger partial charge in [-0.2, -0.15) is 17.5 Å². The van der Waals surface area contributed by atoms with Gasteiger partial charge in [-0.3, -0.25) is 9.69 Å². The van der Waals surface area contributed by atoms with Crippen LogP contribution in [0.15, 0.2) is 63.9 Å². The summed E-state index contributed by atoms with van der Waals surface area (Å²) >= 11 is 0. The molecule has 0 spiro atoms. The van der Waals surface area contributed by atoms with E-state index in [1.165, 1.54) is 4.90 Å². The molecule has 232 valence electrons. The number of sulfonamides is 1. The molecule has 0 saturated carbocycles. The molecule has 3 heterocycles. The number of benzene rings is 2. The largest absolute Gasteiger partial charge is 0.464 e. The van der Waals surface area contributed by atoms with Crippen LogP contribution in [0, 0.1) is 6.92 Å². The molecule has 2 aliphatic rings. The molecule has 0 aliphatic carbocycles. The predicted molar refractivity (Wildman–Crippen MR) is 148 cm³/mol. The van der Waals surface area contributed by atoms with E-state index in [0.717, 1.165) is 22.5 Å². The van der Waals surface area contributed by atoms with Crippen molar-refractivity contribution in [3.8, 4) is 11.5 Å². The van der Waals surface area contributed by atoms with Crippen LogP contribution < -0.4 is 9.47 Å². The zero-order valence-corrected chi connectivity index (χ0v) is 24.3. The molecule has 43 heavy (non-hydrogen) atoms. The number of fused-ring (bicyclic) bond motifs is 1. The third kappa shape index (κ3) is 7.68. The lowest BCUT2D eigenvalue weighted by Gasteiger charge is -2.31. The van der Waals surface area contributed by atoms with E-state index < -0.39 is 39.1 Å². The van der Waals surface area contributed by atoms with E-state index in [9.17, 15) is 26.4 Å². The number of halogens is 3. The molecule has 1 aromatic heterocycles. The molecule has 14 heteroatoms. The number of hydrogen-bond acceptors (Lipinski definition) is 8. The molecule has 3 aromatic rings. The standard InChI is InChI=1S/C29H32F3N3O7S/c1-21-5-7-24(42-21)18-34(17-22-6-8-26-27(15-22)41-20-40-26)28(36)19-35(10-9-33-11-13-39-14-12-33)43(37,38)25-4-2-3-23(16-25)29(30,31)32/h2-8,15-16H,9-14,17-20H2,1H3. The maximum Gasteiger partial charge on any atom is 0.416 e. The summed E-state index contributed by atoms with van der Waals surface area (Å²) in [7, 11) is -4.49. The lowest BCUT2D eigenvalue weighted by atomic mass is 10.2. The van der Waals surface area contributed by atoms with Crippen LogP contribution in [0.1, 0.15) is 22.6 Å². The van der Waals surface area contributed by atoms with E-state index >= 15 is 0 Å². The highest BCUT2D eigenvalue weighted by molar-refractivity contribution is 7.89. The van der Waals surface area contributed by atoms with Gasteiger partial charge in [0.2, 0.25) is 22.7 Å². The van der Waals surface area contributed by atoms with Gasteiger partial charge in [0.15, 0.2) is 11.5 Å². The fourth-order valence-corrected chi connectivity index (χ4v) is 6.27. The summed E-state index contributed by atoms with van der Waals surface area (Å²) in [5, 5.41) is 0. The minimum atomic E-state index is -4.73. The van der Waals surface area contributed by atoms with Crippen LogP contribution in [0.2, 0.25) is 0 Å². The monoisotopic (exact) mass is 623 g/mol. The van der Waals surface area contributed by atoms with E-state index in [1.807, 2.05) is 4.90 Å². The highest BCUT2D eigenvalue weighted by atomic mass is 32.2. The number of hydrogen-bond donors (Lipinski definition) is 0. The van der Waals surface area contributed by atoms with Gasteiger partial charge >= 0.3 is 6.18 Å². The predicted octanol–water partition coefficient (Wildman–Crippen LogP) is 3.89. The Labute approximate surface area is 247 Å². The van der Waals surface area contributed by atoms with Gasteiger partial charge in [0.1, 0.15) is 11.5 Å². The van der Waals surface area contributed by atoms with Crippen molar-refractivity contribution in [2.45, 2.75) is 31.1 Å². The molecular weight excluding hydrogens is 591 g/mol. The molecule has 2 aliphatic heterocycles. The Morgan fingerprint density at radius 2 is 1.74 bits per heavy atom. The van der Waals surface area contributed by atoms with Crippen molar-refractivity contribution in [2.24, 2.45) is 0 Å². The van der Waals surface area contributed by atoms with E-state index in [2.05, 4.69) is 0 Å². The van der Waals surface area contributed by atoms with Crippen LogP contribution in [-0.2, 0) is 38.8 Å². The third-order valence-corrected chi connectivity index (χ3v) is 9.03. The van der Waals surface area contributed by atoms with Gasteiger partial charge in [-0.25, -0.2) is 8.42 Å². The molecule has 5 rings (SSSR count). The Balaban J connectivity index is 1.42. The summed E-state index contributed by atoms with van der Waals surface area (Å²) < 4.78 is 90.7. The fourth-order valence-electron chi connectivity index (χ4n) is 4.84. The second-order valence-electron chi connectivity index (χ2n) is 10.3. The van der Waals surface area contributed by atoms with Crippen LogP contribution in [0.3, 0.4) is 0 Å². The van der Waals surface area contributed by atoms with Crippen LogP contribution in [-0.4, -0.2) is 81.2 Å². The van der Waals surface area contributed by atoms with Crippen molar-refractivity contribution in [2.75, 3.05) is 52.7 Å². The number of carbonyl (C=O) groups is 1. The molecule has 0 atom stereocenters. The van der Waals surface area contributed by atoms with Crippen molar-refractivity contribution in [1.82, 2.24) is 14.1 Å². The summed E-state index contributed by atoms with van der Waals surface area (Å²) in [6.45, 7) is 3.65. The lowest BCUT2D eigenvalue weighted by molar-refractivity contribution is -0.137. The van der Waals surface area contributed by atoms with Crippen LogP contribution in [0.4, 0.5) is 13.2 Å². The van der Waals surface area contributed by atoms with Gasteiger partial charge in [0.25, 0.3) is 0 Å². The molecular formula is C29H32F3N3O7S. The van der Waals surface area contributed by atoms with E-state index in [-0.39, 0.29) is 33.0 Å². The van der Waals surface area contributed by atoms with Gasteiger partial charge in [-0.15, -0.1) is 0 Å². The number of ether oxygens (including phenoxy) is 3. The summed E-state index contributed by atoms with van der Waals surface area (Å²) in [5.41, 5.74) is -0.382. The highest BCUT2D eigenvalue weighted by Crippen LogP contribution is 2.33. The molecule has 1 fully saturated rings. The summed E-state index contributed by atoms with van der Waals surface area (Å²) in [6, 6.07) is 12.3. The molecule has 1 amide bonds. The van der Waals surface area contributed by atoms with Crippen molar-refractivity contribution in [3.05, 3.63) is 77.2 Å². The van der Waals surface area contributed by atoms with E-state index in [0.29, 0.717) is 61.0 Å². The molecule has 0 N–H and O–H groups in total. The first-order valence-electron chi connectivity index (χ1n) is 13.7. The maximum atomic E-state index is 13.9. The first kappa shape index (κ1) is 30.9. The average Bonchev–Trinajstić information content (AvgIpc) is 3.63. The van der Waals surface area contributed by atoms with Crippen LogP contribution >= 0.6 is 0 Å². The number of morpholine rings is 1. The van der Waals surface area contributed by atoms with Crippen molar-refractivity contribution < 1.29 is 45.0 Å². The number of rotatable bonds is 11. The fraction of sp³-hybridized carbons (Fsp3) is 0.414. The van der Waals surface area contributed by atoms with E-state index in [1.54, 1.807) is 37.3 Å². The number of nitrogens with zero attached hydrogens (tertiary/aromatic N) is 3. The Hall–Kier alpha value is -3.59.